The van der Waals surface area contributed by atoms with Crippen LogP contribution >= 0.6 is 0 Å². The molecule has 10 heavy (non-hydrogen) atoms. The van der Waals surface area contributed by atoms with E-state index in [1.165, 1.54) is 7.05 Å². The molecule has 0 aliphatic heterocycles. The Labute approximate surface area is 56.2 Å². The van der Waals surface area contributed by atoms with Crippen molar-refractivity contribution >= 4 is 12.0 Å². The molecule has 0 aliphatic carbocycles. The van der Waals surface area contributed by atoms with E-state index in [9.17, 15) is 4.79 Å². The van der Waals surface area contributed by atoms with Crippen molar-refractivity contribution in [3.8, 4) is 0 Å². The number of hydrogen-bond acceptors (Lipinski definition) is 4. The first kappa shape index (κ1) is 6.46. The van der Waals surface area contributed by atoms with E-state index in [0.29, 0.717) is 0 Å². The topological polar surface area (TPSA) is 95.6 Å². The van der Waals surface area contributed by atoms with Gasteiger partial charge >= 0.3 is 6.03 Å². The molecule has 1 aromatic rings. The SMILES string of the molecule is CNC(=O)Nc1nn[nH]n1. The van der Waals surface area contributed by atoms with E-state index in [-0.39, 0.29) is 12.0 Å². The maximum absolute atomic E-state index is 10.5. The predicted molar refractivity (Wildman–Crippen MR) is 32.3 cm³/mol. The van der Waals surface area contributed by atoms with Gasteiger partial charge in [0.1, 0.15) is 0 Å². The highest BCUT2D eigenvalue weighted by atomic mass is 16.2. The maximum Gasteiger partial charge on any atom is 0.321 e. The van der Waals surface area contributed by atoms with Crippen LogP contribution in [-0.2, 0) is 0 Å². The normalized spacial score (nSPS) is 8.90. The van der Waals surface area contributed by atoms with Gasteiger partial charge in [-0.1, -0.05) is 5.10 Å². The van der Waals surface area contributed by atoms with E-state index in [4.69, 9.17) is 0 Å². The first-order chi connectivity index (χ1) is 4.83. The van der Waals surface area contributed by atoms with Crippen molar-refractivity contribution in [2.45, 2.75) is 0 Å². The predicted octanol–water partition coefficient (Wildman–Crippen LogP) is -1.05. The molecular formula is C3H6N6O. The third kappa shape index (κ3) is 1.41. The molecule has 1 heterocycles. The summed E-state index contributed by atoms with van der Waals surface area (Å²) in [5.41, 5.74) is 0. The third-order valence-electron chi connectivity index (χ3n) is 0.798. The smallest absolute Gasteiger partial charge is 0.321 e. The molecule has 0 spiro atoms. The van der Waals surface area contributed by atoms with E-state index in [0.717, 1.165) is 0 Å². The highest BCUT2D eigenvalue weighted by Gasteiger charge is 1.99. The van der Waals surface area contributed by atoms with Crippen LogP contribution in [0.3, 0.4) is 0 Å². The first-order valence-corrected chi connectivity index (χ1v) is 2.55. The summed E-state index contributed by atoms with van der Waals surface area (Å²) in [5, 5.41) is 17.0. The number of carbonyl (C=O) groups excluding carboxylic acids is 1. The van der Waals surface area contributed by atoms with Gasteiger partial charge in [0.05, 0.1) is 0 Å². The maximum atomic E-state index is 10.5. The number of aromatic nitrogens is 4. The zero-order valence-corrected chi connectivity index (χ0v) is 5.25. The number of tetrazole rings is 1. The molecule has 7 heteroatoms. The minimum Gasteiger partial charge on any atom is -0.341 e. The Bertz CT molecular complexity index is 205. The number of nitrogens with zero attached hydrogens (tertiary/aromatic N) is 3. The van der Waals surface area contributed by atoms with Gasteiger partial charge in [0, 0.05) is 7.05 Å². The van der Waals surface area contributed by atoms with Crippen LogP contribution in [0.2, 0.25) is 0 Å². The lowest BCUT2D eigenvalue weighted by atomic mass is 10.9. The standard InChI is InChI=1S/C3H6N6O/c1-4-3(10)5-2-6-8-9-7-2/h1H3,(H3,4,5,6,7,8,9,10). The van der Waals surface area contributed by atoms with Crippen molar-refractivity contribution in [3.63, 3.8) is 0 Å². The summed E-state index contributed by atoms with van der Waals surface area (Å²) < 4.78 is 0. The molecular weight excluding hydrogens is 136 g/mol. The molecule has 0 radical (unpaired) electrons. The summed E-state index contributed by atoms with van der Waals surface area (Å²) in [6, 6.07) is -0.374. The third-order valence-corrected chi connectivity index (χ3v) is 0.798. The molecule has 3 N–H and O–H groups in total. The summed E-state index contributed by atoms with van der Waals surface area (Å²) in [6.45, 7) is 0. The second-order valence-corrected chi connectivity index (χ2v) is 1.44. The minimum absolute atomic E-state index is 0.152. The molecule has 0 aromatic carbocycles. The van der Waals surface area contributed by atoms with Crippen LogP contribution in [0, 0.1) is 0 Å². The van der Waals surface area contributed by atoms with Gasteiger partial charge < -0.3 is 5.32 Å². The molecule has 2 amide bonds. The average Bonchev–Trinajstić information content (AvgIpc) is 2.40. The van der Waals surface area contributed by atoms with Crippen molar-refractivity contribution in [3.05, 3.63) is 0 Å². The van der Waals surface area contributed by atoms with Gasteiger partial charge in [0.25, 0.3) is 5.95 Å². The van der Waals surface area contributed by atoms with E-state index in [2.05, 4.69) is 31.3 Å². The van der Waals surface area contributed by atoms with Gasteiger partial charge in [-0.3, -0.25) is 5.32 Å². The number of hydrogen-bond donors (Lipinski definition) is 3. The molecule has 1 rings (SSSR count). The van der Waals surface area contributed by atoms with E-state index < -0.39 is 0 Å². The quantitative estimate of drug-likeness (QED) is 0.466. The van der Waals surface area contributed by atoms with Gasteiger partial charge in [0.2, 0.25) is 0 Å². The first-order valence-electron chi connectivity index (χ1n) is 2.55. The fraction of sp³-hybridized carbons (Fsp3) is 0.333. The Morgan fingerprint density at radius 3 is 3.00 bits per heavy atom. The van der Waals surface area contributed by atoms with Crippen LogP contribution in [0.1, 0.15) is 0 Å². The number of anilines is 1. The number of urea groups is 1. The lowest BCUT2D eigenvalue weighted by molar-refractivity contribution is 0.254. The number of aromatic amines is 1. The number of amides is 2. The molecule has 0 aliphatic rings. The number of carbonyl (C=O) groups is 1. The van der Waals surface area contributed by atoms with Crippen LogP contribution in [0.4, 0.5) is 10.7 Å². The van der Waals surface area contributed by atoms with E-state index in [1.54, 1.807) is 0 Å². The Balaban J connectivity index is 2.48. The van der Waals surface area contributed by atoms with Crippen LogP contribution in [0.15, 0.2) is 0 Å². The Kier molecular flexibility index (Phi) is 1.78. The summed E-state index contributed by atoms with van der Waals surface area (Å²) in [5.74, 6) is 0.152. The molecule has 0 unspecified atom stereocenters. The fourth-order valence-electron chi connectivity index (χ4n) is 0.379. The second kappa shape index (κ2) is 2.76. The monoisotopic (exact) mass is 142 g/mol. The minimum atomic E-state index is -0.374. The highest BCUT2D eigenvalue weighted by molar-refractivity contribution is 5.86. The average molecular weight is 142 g/mol. The molecule has 0 atom stereocenters. The van der Waals surface area contributed by atoms with Crippen LogP contribution in [-0.4, -0.2) is 33.7 Å². The largest absolute Gasteiger partial charge is 0.341 e. The van der Waals surface area contributed by atoms with Gasteiger partial charge in [-0.25, -0.2) is 4.79 Å². The van der Waals surface area contributed by atoms with Gasteiger partial charge in [-0.15, -0.1) is 5.10 Å². The van der Waals surface area contributed by atoms with Crippen LogP contribution in [0.25, 0.3) is 0 Å². The Hall–Kier alpha value is -1.66. The molecule has 0 bridgehead atoms. The molecule has 0 fully saturated rings. The molecule has 1 aromatic heterocycles. The lowest BCUT2D eigenvalue weighted by Gasteiger charge is -1.94. The summed E-state index contributed by atoms with van der Waals surface area (Å²) in [7, 11) is 1.50. The number of nitrogens with one attached hydrogen (secondary N) is 3. The van der Waals surface area contributed by atoms with Crippen molar-refractivity contribution < 1.29 is 4.79 Å². The zero-order chi connectivity index (χ0) is 7.40. The van der Waals surface area contributed by atoms with Crippen molar-refractivity contribution in [2.24, 2.45) is 0 Å². The van der Waals surface area contributed by atoms with Crippen LogP contribution in [0.5, 0.6) is 0 Å². The fourth-order valence-corrected chi connectivity index (χ4v) is 0.379. The van der Waals surface area contributed by atoms with Crippen molar-refractivity contribution in [1.29, 1.82) is 0 Å². The molecule has 0 saturated heterocycles. The van der Waals surface area contributed by atoms with Gasteiger partial charge in [0.15, 0.2) is 0 Å². The lowest BCUT2D eigenvalue weighted by Crippen LogP contribution is -2.25. The molecule has 0 saturated carbocycles. The van der Waals surface area contributed by atoms with E-state index in [1.807, 2.05) is 0 Å². The summed E-state index contributed by atoms with van der Waals surface area (Å²) in [6.07, 6.45) is 0. The van der Waals surface area contributed by atoms with Gasteiger partial charge in [-0.05, 0) is 5.21 Å². The second-order valence-electron chi connectivity index (χ2n) is 1.44. The van der Waals surface area contributed by atoms with Crippen molar-refractivity contribution in [1.82, 2.24) is 25.9 Å². The zero-order valence-electron chi connectivity index (χ0n) is 5.25. The summed E-state index contributed by atoms with van der Waals surface area (Å²) in [4.78, 5) is 10.5. The van der Waals surface area contributed by atoms with Crippen molar-refractivity contribution in [2.75, 3.05) is 12.4 Å². The highest BCUT2D eigenvalue weighted by Crippen LogP contribution is 1.87. The Morgan fingerprint density at radius 2 is 2.50 bits per heavy atom. The Morgan fingerprint density at radius 1 is 1.70 bits per heavy atom. The van der Waals surface area contributed by atoms with E-state index >= 15 is 0 Å². The number of rotatable bonds is 1. The molecule has 7 nitrogen and oxygen atoms in total. The van der Waals surface area contributed by atoms with Gasteiger partial charge in [-0.2, -0.15) is 5.21 Å². The molecule has 54 valence electrons. The number of H-pyrrole nitrogens is 1. The summed E-state index contributed by atoms with van der Waals surface area (Å²) >= 11 is 0. The van der Waals surface area contributed by atoms with Crippen LogP contribution < -0.4 is 10.6 Å².